The number of rotatable bonds is 4. The summed E-state index contributed by atoms with van der Waals surface area (Å²) in [6, 6.07) is 10.2. The Hall–Kier alpha value is -0.430. The van der Waals surface area contributed by atoms with Gasteiger partial charge in [0.05, 0.1) is 9.09 Å². The zero-order valence-electron chi connectivity index (χ0n) is 9.57. The summed E-state index contributed by atoms with van der Waals surface area (Å²) in [7, 11) is 0. The van der Waals surface area contributed by atoms with Gasteiger partial charge < -0.3 is 5.73 Å². The predicted molar refractivity (Wildman–Crippen MR) is 85.4 cm³/mol. The molecule has 2 nitrogen and oxygen atoms in total. The fourth-order valence-corrected chi connectivity index (χ4v) is 4.97. The van der Waals surface area contributed by atoms with E-state index in [1.807, 2.05) is 24.5 Å². The van der Waals surface area contributed by atoms with Crippen LogP contribution in [0.3, 0.4) is 0 Å². The number of hydrogen-bond acceptors (Lipinski definition) is 4. The van der Waals surface area contributed by atoms with Crippen molar-refractivity contribution in [1.29, 1.82) is 5.41 Å². The van der Waals surface area contributed by atoms with Crippen molar-refractivity contribution in [2.45, 2.75) is 14.0 Å². The fourth-order valence-electron chi connectivity index (χ4n) is 1.36. The van der Waals surface area contributed by atoms with Gasteiger partial charge in [0.15, 0.2) is 0 Å². The third-order valence-corrected chi connectivity index (χ3v) is 6.23. The highest BCUT2D eigenvalue weighted by Gasteiger charge is 2.11. The molecule has 2 aromatic rings. The van der Waals surface area contributed by atoms with Gasteiger partial charge in [-0.1, -0.05) is 33.8 Å². The van der Waals surface area contributed by atoms with E-state index in [-0.39, 0.29) is 5.84 Å². The van der Waals surface area contributed by atoms with Crippen molar-refractivity contribution in [2.75, 3.05) is 6.26 Å². The number of thioether (sulfide) groups is 1. The maximum atomic E-state index is 7.50. The highest BCUT2D eigenvalue weighted by molar-refractivity contribution is 9.10. The summed E-state index contributed by atoms with van der Waals surface area (Å²) in [6.45, 7) is 0. The first kappa shape index (κ1) is 14.0. The number of nitrogens with one attached hydrogen (secondary N) is 1. The van der Waals surface area contributed by atoms with Gasteiger partial charge in [-0.05, 0) is 30.5 Å². The molecule has 2 rings (SSSR count). The molecule has 18 heavy (non-hydrogen) atoms. The van der Waals surface area contributed by atoms with E-state index in [1.165, 1.54) is 9.10 Å². The van der Waals surface area contributed by atoms with Gasteiger partial charge in [0.1, 0.15) is 5.84 Å². The molecule has 0 unspecified atom stereocenters. The third-order valence-electron chi connectivity index (χ3n) is 2.14. The molecule has 1 aromatic heterocycles. The Balaban J connectivity index is 2.30. The molecule has 0 amide bonds. The number of nitrogen functional groups attached to an aromatic ring is 1. The average Bonchev–Trinajstić information content (AvgIpc) is 2.72. The number of amidine groups is 1. The lowest BCUT2D eigenvalue weighted by atomic mass is 10.4. The predicted octanol–water partition coefficient (Wildman–Crippen LogP) is 4.67. The summed E-state index contributed by atoms with van der Waals surface area (Å²) in [4.78, 5) is 3.17. The van der Waals surface area contributed by atoms with E-state index in [2.05, 4.69) is 28.1 Å². The van der Waals surface area contributed by atoms with Crippen molar-refractivity contribution in [3.8, 4) is 0 Å². The Kier molecular flexibility index (Phi) is 4.77. The van der Waals surface area contributed by atoms with E-state index >= 15 is 0 Å². The lowest BCUT2D eigenvalue weighted by molar-refractivity contribution is 1.35. The second-order valence-electron chi connectivity index (χ2n) is 3.44. The molecule has 3 N–H and O–H groups in total. The molecule has 0 aliphatic carbocycles. The first-order chi connectivity index (χ1) is 8.60. The van der Waals surface area contributed by atoms with Crippen molar-refractivity contribution in [3.05, 3.63) is 39.7 Å². The van der Waals surface area contributed by atoms with Crippen LogP contribution in [0, 0.1) is 5.41 Å². The second-order valence-corrected chi connectivity index (χ2v) is 7.60. The van der Waals surface area contributed by atoms with Crippen LogP contribution in [0.15, 0.2) is 48.8 Å². The van der Waals surface area contributed by atoms with Crippen molar-refractivity contribution < 1.29 is 0 Å². The summed E-state index contributed by atoms with van der Waals surface area (Å²) in [5.74, 6) is 0.136. The molecule has 1 aromatic carbocycles. The number of benzene rings is 1. The van der Waals surface area contributed by atoms with Crippen LogP contribution < -0.4 is 5.73 Å². The number of nitrogens with two attached hydrogens (primary N) is 1. The van der Waals surface area contributed by atoms with Gasteiger partial charge in [-0.2, -0.15) is 0 Å². The molecule has 0 atom stereocenters. The van der Waals surface area contributed by atoms with Crippen molar-refractivity contribution >= 4 is 56.6 Å². The zero-order valence-corrected chi connectivity index (χ0v) is 13.6. The smallest absolute Gasteiger partial charge is 0.133 e. The third kappa shape index (κ3) is 3.32. The molecule has 0 bridgehead atoms. The van der Waals surface area contributed by atoms with Gasteiger partial charge in [-0.15, -0.1) is 23.1 Å². The molecule has 0 aliphatic heterocycles. The van der Waals surface area contributed by atoms with Crippen LogP contribution in [-0.2, 0) is 0 Å². The normalized spacial score (nSPS) is 10.6. The lowest BCUT2D eigenvalue weighted by Crippen LogP contribution is -2.08. The highest BCUT2D eigenvalue weighted by atomic mass is 79.9. The van der Waals surface area contributed by atoms with E-state index in [9.17, 15) is 0 Å². The SMILES string of the molecule is CSc1sc(C(=N)N)cc1Sc1cccc(Br)c1. The average molecular weight is 359 g/mol. The number of halogens is 1. The van der Waals surface area contributed by atoms with E-state index in [0.29, 0.717) is 0 Å². The van der Waals surface area contributed by atoms with Gasteiger partial charge in [-0.25, -0.2) is 0 Å². The molecule has 0 radical (unpaired) electrons. The van der Waals surface area contributed by atoms with E-state index in [1.54, 1.807) is 34.9 Å². The second kappa shape index (κ2) is 6.14. The summed E-state index contributed by atoms with van der Waals surface area (Å²) in [6.07, 6.45) is 2.04. The van der Waals surface area contributed by atoms with Crippen LogP contribution in [-0.4, -0.2) is 12.1 Å². The van der Waals surface area contributed by atoms with E-state index in [0.717, 1.165) is 14.2 Å². The van der Waals surface area contributed by atoms with Gasteiger partial charge in [0, 0.05) is 14.3 Å². The monoisotopic (exact) mass is 358 g/mol. The van der Waals surface area contributed by atoms with Crippen molar-refractivity contribution in [3.63, 3.8) is 0 Å². The molecular weight excluding hydrogens is 348 g/mol. The largest absolute Gasteiger partial charge is 0.383 e. The summed E-state index contributed by atoms with van der Waals surface area (Å²) >= 11 is 8.43. The molecule has 0 aliphatic rings. The number of thiophene rings is 1. The van der Waals surface area contributed by atoms with Crippen molar-refractivity contribution in [1.82, 2.24) is 0 Å². The number of hydrogen-bond donors (Lipinski definition) is 2. The van der Waals surface area contributed by atoms with Crippen LogP contribution in [0.25, 0.3) is 0 Å². The first-order valence-corrected chi connectivity index (χ1v) is 8.71. The minimum absolute atomic E-state index is 0.136. The van der Waals surface area contributed by atoms with Crippen LogP contribution in [0.4, 0.5) is 0 Å². The Morgan fingerprint density at radius 1 is 1.39 bits per heavy atom. The molecular formula is C12H11BrN2S3. The maximum absolute atomic E-state index is 7.50. The zero-order chi connectivity index (χ0) is 13.1. The van der Waals surface area contributed by atoms with Crippen molar-refractivity contribution in [2.24, 2.45) is 5.73 Å². The Labute approximate surface area is 127 Å². The van der Waals surface area contributed by atoms with E-state index in [4.69, 9.17) is 11.1 Å². The molecule has 1 heterocycles. The summed E-state index contributed by atoms with van der Waals surface area (Å²) < 4.78 is 2.27. The Morgan fingerprint density at radius 3 is 2.78 bits per heavy atom. The molecule has 94 valence electrons. The van der Waals surface area contributed by atoms with Crippen LogP contribution >= 0.6 is 50.8 Å². The van der Waals surface area contributed by atoms with Gasteiger partial charge in [-0.3, -0.25) is 5.41 Å². The van der Waals surface area contributed by atoms with Gasteiger partial charge in [0.2, 0.25) is 0 Å². The standard InChI is InChI=1S/C12H11BrN2S3/c1-16-12-10(6-9(18-12)11(14)15)17-8-4-2-3-7(13)5-8/h2-6H,1H3,(H3,14,15). The van der Waals surface area contributed by atoms with Gasteiger partial charge in [0.25, 0.3) is 0 Å². The van der Waals surface area contributed by atoms with Crippen LogP contribution in [0.2, 0.25) is 0 Å². The molecule has 0 saturated heterocycles. The summed E-state index contributed by atoms with van der Waals surface area (Å²) in [5, 5.41) is 7.50. The topological polar surface area (TPSA) is 49.9 Å². The minimum atomic E-state index is 0.136. The first-order valence-electron chi connectivity index (χ1n) is 5.06. The molecule has 0 saturated carbocycles. The van der Waals surface area contributed by atoms with Gasteiger partial charge >= 0.3 is 0 Å². The molecule has 0 fully saturated rings. The fraction of sp³-hybridized carbons (Fsp3) is 0.0833. The Bertz CT molecular complexity index is 580. The molecule has 6 heteroatoms. The van der Waals surface area contributed by atoms with Crippen LogP contribution in [0.1, 0.15) is 4.88 Å². The van der Waals surface area contributed by atoms with E-state index < -0.39 is 0 Å². The Morgan fingerprint density at radius 2 is 2.17 bits per heavy atom. The highest BCUT2D eigenvalue weighted by Crippen LogP contribution is 2.40. The quantitative estimate of drug-likeness (QED) is 0.474. The summed E-state index contributed by atoms with van der Waals surface area (Å²) in [5.41, 5.74) is 5.54. The lowest BCUT2D eigenvalue weighted by Gasteiger charge is -2.01. The van der Waals surface area contributed by atoms with Crippen LogP contribution in [0.5, 0.6) is 0 Å². The minimum Gasteiger partial charge on any atom is -0.383 e. The molecule has 0 spiro atoms. The maximum Gasteiger partial charge on any atom is 0.133 e.